The number of nitrogens with one attached hydrogen (secondary N) is 1. The molecule has 4 aliphatic carbocycles. The van der Waals surface area contributed by atoms with Crippen molar-refractivity contribution >= 4 is 16.9 Å². The van der Waals surface area contributed by atoms with E-state index in [9.17, 15) is 4.79 Å². The highest BCUT2D eigenvalue weighted by Gasteiger charge is 2.60. The Bertz CT molecular complexity index is 1180. The van der Waals surface area contributed by atoms with Gasteiger partial charge in [0.1, 0.15) is 11.6 Å². The van der Waals surface area contributed by atoms with Crippen LogP contribution >= 0.6 is 0 Å². The van der Waals surface area contributed by atoms with Crippen LogP contribution in [0.2, 0.25) is 0 Å². The summed E-state index contributed by atoms with van der Waals surface area (Å²) in [6.45, 7) is 3.48. The number of carbonyl (C=O) groups excluding carboxylic acids is 1. The first-order valence-corrected chi connectivity index (χ1v) is 12.4. The fourth-order valence-corrected chi connectivity index (χ4v) is 7.77. The molecule has 5 heteroatoms. The molecule has 2 aromatic carbocycles. The van der Waals surface area contributed by atoms with Gasteiger partial charge in [0, 0.05) is 6.54 Å². The van der Waals surface area contributed by atoms with Gasteiger partial charge in [-0.05, 0) is 92.5 Å². The molecule has 1 N–H and O–H groups in total. The molecule has 3 aromatic rings. The van der Waals surface area contributed by atoms with Crippen molar-refractivity contribution < 1.29 is 9.53 Å². The molecule has 5 nitrogen and oxygen atoms in total. The van der Waals surface area contributed by atoms with E-state index in [1.54, 1.807) is 7.11 Å². The topological polar surface area (TPSA) is 56.2 Å². The summed E-state index contributed by atoms with van der Waals surface area (Å²) >= 11 is 0. The summed E-state index contributed by atoms with van der Waals surface area (Å²) in [5.74, 6) is 3.39. The summed E-state index contributed by atoms with van der Waals surface area (Å²) in [6, 6.07) is 16.9. The minimum absolute atomic E-state index is 0.129. The highest BCUT2D eigenvalue weighted by molar-refractivity contribution is 5.83. The van der Waals surface area contributed by atoms with Crippen LogP contribution < -0.4 is 10.1 Å². The zero-order chi connectivity index (χ0) is 22.6. The van der Waals surface area contributed by atoms with Crippen molar-refractivity contribution in [1.82, 2.24) is 14.9 Å². The van der Waals surface area contributed by atoms with Crippen LogP contribution in [0, 0.1) is 17.3 Å². The number of imidazole rings is 1. The quantitative estimate of drug-likeness (QED) is 0.568. The van der Waals surface area contributed by atoms with Crippen molar-refractivity contribution in [1.29, 1.82) is 0 Å². The minimum Gasteiger partial charge on any atom is -0.497 e. The number of benzene rings is 2. The summed E-state index contributed by atoms with van der Waals surface area (Å²) in [4.78, 5) is 18.6. The largest absolute Gasteiger partial charge is 0.497 e. The van der Waals surface area contributed by atoms with E-state index >= 15 is 0 Å². The van der Waals surface area contributed by atoms with Gasteiger partial charge in [0.15, 0.2) is 0 Å². The molecule has 1 aromatic heterocycles. The highest BCUT2D eigenvalue weighted by atomic mass is 16.5. The average molecular weight is 444 g/mol. The van der Waals surface area contributed by atoms with Gasteiger partial charge in [-0.1, -0.05) is 24.3 Å². The fourth-order valence-electron chi connectivity index (χ4n) is 7.77. The van der Waals surface area contributed by atoms with Crippen molar-refractivity contribution in [2.45, 2.75) is 64.0 Å². The first kappa shape index (κ1) is 20.8. The number of nitrogens with zero attached hydrogens (tertiary/aromatic N) is 2. The number of hydrogen-bond acceptors (Lipinski definition) is 3. The third kappa shape index (κ3) is 3.27. The van der Waals surface area contributed by atoms with Crippen LogP contribution in [0.4, 0.5) is 0 Å². The third-order valence-electron chi connectivity index (χ3n) is 8.70. The molecule has 0 aliphatic heterocycles. The zero-order valence-electron chi connectivity index (χ0n) is 19.6. The maximum atomic E-state index is 13.8. The van der Waals surface area contributed by atoms with E-state index in [4.69, 9.17) is 9.72 Å². The number of aryl methyl sites for hydroxylation is 1. The Balaban J connectivity index is 1.26. The van der Waals surface area contributed by atoms with Crippen LogP contribution in [0.3, 0.4) is 0 Å². The van der Waals surface area contributed by atoms with E-state index in [1.165, 1.54) is 24.8 Å². The van der Waals surface area contributed by atoms with Crippen molar-refractivity contribution in [3.63, 3.8) is 0 Å². The van der Waals surface area contributed by atoms with E-state index < -0.39 is 0 Å². The van der Waals surface area contributed by atoms with E-state index in [0.717, 1.165) is 48.4 Å². The molecule has 1 amide bonds. The number of aromatic nitrogens is 2. The lowest BCUT2D eigenvalue weighted by Crippen LogP contribution is -2.59. The van der Waals surface area contributed by atoms with Gasteiger partial charge in [0.05, 0.1) is 30.1 Å². The minimum atomic E-state index is -0.243. The van der Waals surface area contributed by atoms with Gasteiger partial charge < -0.3 is 14.6 Å². The van der Waals surface area contributed by atoms with Gasteiger partial charge in [-0.15, -0.1) is 0 Å². The normalized spacial score (nSPS) is 30.0. The monoisotopic (exact) mass is 443 g/mol. The van der Waals surface area contributed by atoms with Crippen molar-refractivity contribution in [2.75, 3.05) is 7.11 Å². The second-order valence-electron chi connectivity index (χ2n) is 10.7. The summed E-state index contributed by atoms with van der Waals surface area (Å²) < 4.78 is 7.61. The van der Waals surface area contributed by atoms with Crippen molar-refractivity contribution in [2.24, 2.45) is 17.3 Å². The number of ether oxygens (including phenoxy) is 1. The molecular weight excluding hydrogens is 410 g/mol. The Kier molecular flexibility index (Phi) is 4.79. The number of rotatable bonds is 6. The molecule has 4 aliphatic rings. The molecule has 172 valence electrons. The van der Waals surface area contributed by atoms with Gasteiger partial charge in [-0.3, -0.25) is 4.79 Å². The van der Waals surface area contributed by atoms with Gasteiger partial charge in [0.25, 0.3) is 0 Å². The lowest BCUT2D eigenvalue weighted by molar-refractivity contribution is -0.149. The Hall–Kier alpha value is -2.82. The van der Waals surface area contributed by atoms with Gasteiger partial charge in [-0.2, -0.15) is 0 Å². The smallest absolute Gasteiger partial charge is 0.226 e. The van der Waals surface area contributed by atoms with Crippen LogP contribution in [0.15, 0.2) is 48.5 Å². The Morgan fingerprint density at radius 3 is 2.52 bits per heavy atom. The molecule has 7 rings (SSSR count). The van der Waals surface area contributed by atoms with Gasteiger partial charge >= 0.3 is 0 Å². The van der Waals surface area contributed by atoms with Crippen LogP contribution in [0.25, 0.3) is 11.0 Å². The molecule has 0 radical (unpaired) electrons. The number of amides is 1. The summed E-state index contributed by atoms with van der Waals surface area (Å²) in [7, 11) is 1.71. The molecule has 4 fully saturated rings. The van der Waals surface area contributed by atoms with E-state index in [-0.39, 0.29) is 16.7 Å². The predicted octanol–water partition coefficient (Wildman–Crippen LogP) is 5.22. The lowest BCUT2D eigenvalue weighted by atomic mass is 9.42. The molecule has 1 heterocycles. The lowest BCUT2D eigenvalue weighted by Gasteiger charge is -2.61. The van der Waals surface area contributed by atoms with Gasteiger partial charge in [0.2, 0.25) is 5.91 Å². The molecule has 0 saturated heterocycles. The maximum absolute atomic E-state index is 13.8. The van der Waals surface area contributed by atoms with Crippen LogP contribution in [-0.4, -0.2) is 22.6 Å². The first-order chi connectivity index (χ1) is 16.0. The summed E-state index contributed by atoms with van der Waals surface area (Å²) in [6.07, 6.45) is 6.77. The highest BCUT2D eigenvalue weighted by Crippen LogP contribution is 2.65. The zero-order valence-corrected chi connectivity index (χ0v) is 19.6. The molecule has 0 spiro atoms. The second-order valence-corrected chi connectivity index (χ2v) is 10.7. The molecule has 33 heavy (non-hydrogen) atoms. The van der Waals surface area contributed by atoms with Crippen LogP contribution in [-0.2, 0) is 23.3 Å². The summed E-state index contributed by atoms with van der Waals surface area (Å²) in [5, 5.41) is 3.34. The molecule has 4 saturated carbocycles. The second kappa shape index (κ2) is 7.61. The number of fused-ring (bicyclic) bond motifs is 1. The van der Waals surface area contributed by atoms with E-state index in [2.05, 4.69) is 47.1 Å². The Morgan fingerprint density at radius 1 is 1.09 bits per heavy atom. The third-order valence-corrected chi connectivity index (χ3v) is 8.70. The number of para-hydroxylation sites is 2. The molecule has 2 unspecified atom stereocenters. The number of methoxy groups -OCH3 is 1. The summed E-state index contributed by atoms with van der Waals surface area (Å²) in [5.41, 5.74) is 3.41. The number of carbonyl (C=O) groups is 1. The average Bonchev–Trinajstić information content (AvgIpc) is 3.19. The Labute approximate surface area is 195 Å². The molecular formula is C28H33N3O2. The van der Waals surface area contributed by atoms with Crippen LogP contribution in [0.1, 0.15) is 56.8 Å². The Morgan fingerprint density at radius 2 is 1.82 bits per heavy atom. The molecule has 2 atom stereocenters. The molecule has 4 bridgehead atoms. The van der Waals surface area contributed by atoms with E-state index in [1.807, 2.05) is 18.2 Å². The predicted molar refractivity (Wildman–Crippen MR) is 129 cm³/mol. The van der Waals surface area contributed by atoms with Gasteiger partial charge in [-0.25, -0.2) is 4.98 Å². The standard InChI is InChI=1S/C28H33N3O2/c1-3-31-24-7-5-4-6-23(24)30-25(31)17-29-26(32)28-15-19-12-20(16-28)14-27(13-19,18-28)21-8-10-22(33-2)11-9-21/h4-11,19-20H,3,12-18H2,1-2H3,(H,29,32). The van der Waals surface area contributed by atoms with Crippen molar-refractivity contribution in [3.05, 3.63) is 59.9 Å². The van der Waals surface area contributed by atoms with Crippen LogP contribution in [0.5, 0.6) is 5.75 Å². The number of hydrogen-bond donors (Lipinski definition) is 1. The maximum Gasteiger partial charge on any atom is 0.226 e. The fraction of sp³-hybridized carbons (Fsp3) is 0.500. The SMILES string of the molecule is CCn1c(CNC(=O)C23CC4CC(C2)CC(c2ccc(OC)cc2)(C4)C3)nc2ccccc21. The van der Waals surface area contributed by atoms with E-state index in [0.29, 0.717) is 18.4 Å². The van der Waals surface area contributed by atoms with Crippen molar-refractivity contribution in [3.8, 4) is 5.75 Å². The first-order valence-electron chi connectivity index (χ1n) is 12.4.